The standard InChI is InChI=1S/C14H20FN3O2/c1-20-8-7-14(5-6-14)9-17-13(19)10-3-2-4-11(15)12(10)18-16/h2-4,18H,5-9,16H2,1H3,(H,17,19). The van der Waals surface area contributed by atoms with Crippen molar-refractivity contribution in [3.8, 4) is 0 Å². The van der Waals surface area contributed by atoms with Crippen LogP contribution in [0, 0.1) is 11.2 Å². The van der Waals surface area contributed by atoms with Gasteiger partial charge in [-0.2, -0.15) is 0 Å². The molecule has 0 aliphatic heterocycles. The summed E-state index contributed by atoms with van der Waals surface area (Å²) >= 11 is 0. The van der Waals surface area contributed by atoms with Crippen LogP contribution in [-0.4, -0.2) is 26.2 Å². The molecule has 0 radical (unpaired) electrons. The van der Waals surface area contributed by atoms with Crippen molar-refractivity contribution in [3.63, 3.8) is 0 Å². The van der Waals surface area contributed by atoms with Crippen LogP contribution in [0.2, 0.25) is 0 Å². The van der Waals surface area contributed by atoms with Gasteiger partial charge in [0.05, 0.1) is 11.3 Å². The molecule has 1 amide bonds. The largest absolute Gasteiger partial charge is 0.385 e. The maximum atomic E-state index is 13.5. The van der Waals surface area contributed by atoms with E-state index in [1.54, 1.807) is 13.2 Å². The first-order chi connectivity index (χ1) is 9.62. The number of nitrogens with two attached hydrogens (primary N) is 1. The SMILES string of the molecule is COCCC1(CNC(=O)c2cccc(F)c2NN)CC1. The molecule has 0 bridgehead atoms. The molecule has 0 unspecified atom stereocenters. The minimum Gasteiger partial charge on any atom is -0.385 e. The lowest BCUT2D eigenvalue weighted by Crippen LogP contribution is -2.31. The van der Waals surface area contributed by atoms with Crippen molar-refractivity contribution < 1.29 is 13.9 Å². The number of para-hydroxylation sites is 1. The summed E-state index contributed by atoms with van der Waals surface area (Å²) in [6, 6.07) is 4.29. The van der Waals surface area contributed by atoms with E-state index in [4.69, 9.17) is 10.6 Å². The number of rotatable bonds is 7. The Hall–Kier alpha value is -1.66. The van der Waals surface area contributed by atoms with Crippen LogP contribution in [0.4, 0.5) is 10.1 Å². The Morgan fingerprint density at radius 1 is 1.50 bits per heavy atom. The zero-order valence-corrected chi connectivity index (χ0v) is 11.5. The van der Waals surface area contributed by atoms with Gasteiger partial charge in [-0.25, -0.2) is 4.39 Å². The Balaban J connectivity index is 1.97. The van der Waals surface area contributed by atoms with Crippen LogP contribution in [0.5, 0.6) is 0 Å². The van der Waals surface area contributed by atoms with E-state index < -0.39 is 5.82 Å². The molecule has 5 nitrogen and oxygen atoms in total. The number of carbonyl (C=O) groups is 1. The van der Waals surface area contributed by atoms with Gasteiger partial charge in [-0.15, -0.1) is 0 Å². The van der Waals surface area contributed by atoms with Gasteiger partial charge in [0.25, 0.3) is 5.91 Å². The highest BCUT2D eigenvalue weighted by atomic mass is 19.1. The summed E-state index contributed by atoms with van der Waals surface area (Å²) < 4.78 is 18.6. The highest BCUT2D eigenvalue weighted by Gasteiger charge is 2.42. The Kier molecular flexibility index (Phi) is 4.57. The van der Waals surface area contributed by atoms with Crippen LogP contribution in [0.15, 0.2) is 18.2 Å². The summed E-state index contributed by atoms with van der Waals surface area (Å²) in [7, 11) is 1.67. The maximum Gasteiger partial charge on any atom is 0.253 e. The van der Waals surface area contributed by atoms with Crippen molar-refractivity contribution in [2.75, 3.05) is 25.7 Å². The van der Waals surface area contributed by atoms with E-state index in [2.05, 4.69) is 10.7 Å². The first kappa shape index (κ1) is 14.7. The molecular formula is C14H20FN3O2. The van der Waals surface area contributed by atoms with Crippen LogP contribution in [0.1, 0.15) is 29.6 Å². The Bertz CT molecular complexity index is 489. The van der Waals surface area contributed by atoms with E-state index in [0.29, 0.717) is 13.2 Å². The second-order valence-electron chi connectivity index (χ2n) is 5.23. The number of nitrogen functional groups attached to an aromatic ring is 1. The molecule has 20 heavy (non-hydrogen) atoms. The van der Waals surface area contributed by atoms with Crippen molar-refractivity contribution in [2.24, 2.45) is 11.3 Å². The third-order valence-corrected chi connectivity index (χ3v) is 3.82. The van der Waals surface area contributed by atoms with Gasteiger partial charge in [0.15, 0.2) is 0 Å². The van der Waals surface area contributed by atoms with Crippen molar-refractivity contribution in [1.82, 2.24) is 5.32 Å². The number of amides is 1. The Morgan fingerprint density at radius 3 is 2.85 bits per heavy atom. The zero-order valence-electron chi connectivity index (χ0n) is 11.5. The Labute approximate surface area is 117 Å². The van der Waals surface area contributed by atoms with Crippen molar-refractivity contribution in [1.29, 1.82) is 0 Å². The fraction of sp³-hybridized carbons (Fsp3) is 0.500. The monoisotopic (exact) mass is 281 g/mol. The van der Waals surface area contributed by atoms with Crippen LogP contribution in [0.25, 0.3) is 0 Å². The third kappa shape index (κ3) is 3.26. The van der Waals surface area contributed by atoms with Gasteiger partial charge in [0.2, 0.25) is 0 Å². The average molecular weight is 281 g/mol. The fourth-order valence-corrected chi connectivity index (χ4v) is 2.23. The molecule has 2 rings (SSSR count). The van der Waals surface area contributed by atoms with Crippen molar-refractivity contribution >= 4 is 11.6 Å². The quantitative estimate of drug-likeness (QED) is 0.525. The van der Waals surface area contributed by atoms with Crippen molar-refractivity contribution in [2.45, 2.75) is 19.3 Å². The average Bonchev–Trinajstić information content (AvgIpc) is 3.23. The highest BCUT2D eigenvalue weighted by molar-refractivity contribution is 5.99. The number of methoxy groups -OCH3 is 1. The number of anilines is 1. The maximum absolute atomic E-state index is 13.5. The van der Waals surface area contributed by atoms with Crippen LogP contribution in [0.3, 0.4) is 0 Å². The van der Waals surface area contributed by atoms with Crippen molar-refractivity contribution in [3.05, 3.63) is 29.6 Å². The molecule has 1 aliphatic carbocycles. The number of ether oxygens (including phenoxy) is 1. The molecule has 0 saturated heterocycles. The van der Waals surface area contributed by atoms with Crippen LogP contribution < -0.4 is 16.6 Å². The molecule has 110 valence electrons. The summed E-state index contributed by atoms with van der Waals surface area (Å²) in [5.41, 5.74) is 2.62. The van der Waals surface area contributed by atoms with Gasteiger partial charge in [0.1, 0.15) is 5.82 Å². The number of nitrogens with one attached hydrogen (secondary N) is 2. The van der Waals surface area contributed by atoms with Gasteiger partial charge in [-0.05, 0) is 36.8 Å². The first-order valence-electron chi connectivity index (χ1n) is 6.64. The van der Waals surface area contributed by atoms with E-state index >= 15 is 0 Å². The second-order valence-corrected chi connectivity index (χ2v) is 5.23. The molecule has 1 aromatic rings. The molecule has 0 aromatic heterocycles. The number of carbonyl (C=O) groups excluding carboxylic acids is 1. The summed E-state index contributed by atoms with van der Waals surface area (Å²) in [5, 5.41) is 2.86. The predicted octanol–water partition coefficient (Wildman–Crippen LogP) is 1.66. The predicted molar refractivity (Wildman–Crippen MR) is 74.7 cm³/mol. The summed E-state index contributed by atoms with van der Waals surface area (Å²) in [4.78, 5) is 12.1. The molecule has 0 heterocycles. The smallest absolute Gasteiger partial charge is 0.253 e. The number of benzene rings is 1. The number of hydrazine groups is 1. The molecule has 1 fully saturated rings. The van der Waals surface area contributed by atoms with Gasteiger partial charge in [-0.3, -0.25) is 10.6 Å². The minimum absolute atomic E-state index is 0.0201. The lowest BCUT2D eigenvalue weighted by molar-refractivity contribution is 0.0938. The van der Waals surface area contributed by atoms with E-state index in [-0.39, 0.29) is 22.6 Å². The molecule has 0 spiro atoms. The Morgan fingerprint density at radius 2 is 2.25 bits per heavy atom. The molecule has 1 aromatic carbocycles. The number of hydrogen-bond acceptors (Lipinski definition) is 4. The summed E-state index contributed by atoms with van der Waals surface area (Å²) in [6.45, 7) is 1.27. The van der Waals surface area contributed by atoms with Crippen LogP contribution in [-0.2, 0) is 4.74 Å². The van der Waals surface area contributed by atoms with Crippen LogP contribution >= 0.6 is 0 Å². The molecule has 6 heteroatoms. The molecule has 4 N–H and O–H groups in total. The zero-order chi connectivity index (χ0) is 14.6. The third-order valence-electron chi connectivity index (χ3n) is 3.82. The van der Waals surface area contributed by atoms with Gasteiger partial charge in [0, 0.05) is 20.3 Å². The van der Waals surface area contributed by atoms with E-state index in [0.717, 1.165) is 19.3 Å². The second kappa shape index (κ2) is 6.19. The fourth-order valence-electron chi connectivity index (χ4n) is 2.23. The van der Waals surface area contributed by atoms with Gasteiger partial charge < -0.3 is 15.5 Å². The molecule has 1 aliphatic rings. The van der Waals surface area contributed by atoms with E-state index in [9.17, 15) is 9.18 Å². The first-order valence-corrected chi connectivity index (χ1v) is 6.64. The summed E-state index contributed by atoms with van der Waals surface area (Å²) in [5.74, 6) is 4.40. The van der Waals surface area contributed by atoms with Gasteiger partial charge in [-0.1, -0.05) is 6.07 Å². The normalized spacial score (nSPS) is 15.8. The lowest BCUT2D eigenvalue weighted by atomic mass is 10.0. The highest BCUT2D eigenvalue weighted by Crippen LogP contribution is 2.48. The lowest BCUT2D eigenvalue weighted by Gasteiger charge is -2.16. The molecular weight excluding hydrogens is 261 g/mol. The van der Waals surface area contributed by atoms with E-state index in [1.165, 1.54) is 12.1 Å². The minimum atomic E-state index is -0.541. The number of hydrogen-bond donors (Lipinski definition) is 3. The van der Waals surface area contributed by atoms with Gasteiger partial charge >= 0.3 is 0 Å². The topological polar surface area (TPSA) is 76.4 Å². The number of halogens is 1. The summed E-state index contributed by atoms with van der Waals surface area (Å²) in [6.07, 6.45) is 3.10. The van der Waals surface area contributed by atoms with E-state index in [1.807, 2.05) is 0 Å². The molecule has 0 atom stereocenters. The molecule has 1 saturated carbocycles.